The molecule has 2 bridgehead atoms. The number of hydrogen-bond donors (Lipinski definition) is 0. The molecule has 0 aromatic carbocycles. The van der Waals surface area contributed by atoms with E-state index in [9.17, 15) is 4.79 Å². The molecule has 0 N–H and O–H groups in total. The molecule has 3 aliphatic heterocycles. The van der Waals surface area contributed by atoms with E-state index in [0.717, 1.165) is 64.3 Å². The Labute approximate surface area is 178 Å². The van der Waals surface area contributed by atoms with Crippen molar-refractivity contribution in [3.8, 4) is 0 Å². The van der Waals surface area contributed by atoms with Crippen LogP contribution in [0.1, 0.15) is 36.4 Å². The van der Waals surface area contributed by atoms with Gasteiger partial charge >= 0.3 is 0 Å². The summed E-state index contributed by atoms with van der Waals surface area (Å²) in [5.74, 6) is 1.08. The zero-order valence-corrected chi connectivity index (χ0v) is 17.9. The van der Waals surface area contributed by atoms with E-state index >= 15 is 0 Å². The van der Waals surface area contributed by atoms with E-state index in [4.69, 9.17) is 4.74 Å². The zero-order valence-electron chi connectivity index (χ0n) is 17.9. The van der Waals surface area contributed by atoms with E-state index in [0.29, 0.717) is 24.4 Å². The van der Waals surface area contributed by atoms with E-state index in [-0.39, 0.29) is 5.56 Å². The van der Waals surface area contributed by atoms with Crippen LogP contribution >= 0.6 is 0 Å². The number of hydrogen-bond acceptors (Lipinski definition) is 5. The van der Waals surface area contributed by atoms with Gasteiger partial charge in [-0.15, -0.1) is 0 Å². The number of likely N-dealkylation sites (N-methyl/N-ethyl adjacent to an activating group) is 1. The lowest BCUT2D eigenvalue weighted by atomic mass is 9.82. The number of aromatic nitrogens is 3. The van der Waals surface area contributed by atoms with Crippen LogP contribution in [0.4, 0.5) is 0 Å². The molecule has 5 rings (SSSR count). The summed E-state index contributed by atoms with van der Waals surface area (Å²) in [5.41, 5.74) is 2.38. The Morgan fingerprint density at radius 3 is 2.87 bits per heavy atom. The summed E-state index contributed by atoms with van der Waals surface area (Å²) < 4.78 is 9.73. The molecule has 2 atom stereocenters. The molecule has 2 aromatic rings. The molecule has 0 unspecified atom stereocenters. The van der Waals surface area contributed by atoms with Gasteiger partial charge in [0, 0.05) is 88.1 Å². The van der Waals surface area contributed by atoms with Gasteiger partial charge in [0.15, 0.2) is 0 Å². The molecule has 2 aromatic heterocycles. The molecule has 3 aliphatic rings. The molecule has 0 saturated carbocycles. The van der Waals surface area contributed by atoms with Gasteiger partial charge in [0.25, 0.3) is 5.56 Å². The van der Waals surface area contributed by atoms with Crippen LogP contribution in [0.5, 0.6) is 0 Å². The largest absolute Gasteiger partial charge is 0.381 e. The number of ether oxygens (including phenoxy) is 1. The summed E-state index contributed by atoms with van der Waals surface area (Å²) in [6, 6.07) is 4.97. The molecular formula is C23H33N5O2. The van der Waals surface area contributed by atoms with Crippen molar-refractivity contribution in [2.45, 2.75) is 50.9 Å². The van der Waals surface area contributed by atoms with Crippen LogP contribution in [-0.4, -0.2) is 69.9 Å². The monoisotopic (exact) mass is 411 g/mol. The summed E-state index contributed by atoms with van der Waals surface area (Å²) >= 11 is 0. The van der Waals surface area contributed by atoms with Crippen LogP contribution in [0.2, 0.25) is 0 Å². The van der Waals surface area contributed by atoms with Gasteiger partial charge in [-0.05, 0) is 38.3 Å². The molecule has 5 heterocycles. The third kappa shape index (κ3) is 4.11. The molecule has 0 amide bonds. The number of imidazole rings is 1. The number of nitrogens with zero attached hydrogens (tertiary/aromatic N) is 5. The van der Waals surface area contributed by atoms with Crippen molar-refractivity contribution in [2.24, 2.45) is 5.92 Å². The Kier molecular flexibility index (Phi) is 5.76. The van der Waals surface area contributed by atoms with Crippen molar-refractivity contribution in [1.29, 1.82) is 0 Å². The van der Waals surface area contributed by atoms with Crippen LogP contribution in [0.25, 0.3) is 0 Å². The molecule has 162 valence electrons. The lowest BCUT2D eigenvalue weighted by Crippen LogP contribution is -2.52. The molecule has 30 heavy (non-hydrogen) atoms. The standard InChI is InChI=1S/C23H33N5O2/c1-25(8-9-26-7-6-24-17-26)15-19-2-3-22-20-12-18(14-28(22)23(19)29)13-27(16-20)21-4-10-30-11-5-21/h2-3,6-7,17-18,20-21H,4-5,8-16H2,1H3/t18-,20+/m0/s1. The van der Waals surface area contributed by atoms with Gasteiger partial charge in [0.1, 0.15) is 0 Å². The Bertz CT molecular complexity index is 903. The third-order valence-corrected chi connectivity index (χ3v) is 7.16. The normalized spacial score (nSPS) is 24.9. The second-order valence-electron chi connectivity index (χ2n) is 9.33. The number of piperidine rings is 1. The molecular weight excluding hydrogens is 378 g/mol. The lowest BCUT2D eigenvalue weighted by Gasteiger charge is -2.46. The molecule has 0 spiro atoms. The summed E-state index contributed by atoms with van der Waals surface area (Å²) in [4.78, 5) is 22.3. The minimum atomic E-state index is 0.219. The van der Waals surface area contributed by atoms with Gasteiger partial charge in [0.2, 0.25) is 0 Å². The maximum absolute atomic E-state index is 13.3. The number of fused-ring (bicyclic) bond motifs is 4. The van der Waals surface area contributed by atoms with E-state index in [2.05, 4.69) is 43.1 Å². The van der Waals surface area contributed by atoms with E-state index in [1.54, 1.807) is 6.20 Å². The van der Waals surface area contributed by atoms with Crippen molar-refractivity contribution in [3.05, 3.63) is 52.5 Å². The Balaban J connectivity index is 1.27. The fourth-order valence-electron chi connectivity index (χ4n) is 5.57. The first-order chi connectivity index (χ1) is 14.7. The highest BCUT2D eigenvalue weighted by Crippen LogP contribution is 2.37. The van der Waals surface area contributed by atoms with Crippen LogP contribution in [0, 0.1) is 5.92 Å². The molecule has 0 aliphatic carbocycles. The fraction of sp³-hybridized carbons (Fsp3) is 0.652. The highest BCUT2D eigenvalue weighted by Gasteiger charge is 2.37. The predicted molar refractivity (Wildman–Crippen MR) is 116 cm³/mol. The smallest absolute Gasteiger partial charge is 0.255 e. The first-order valence-electron chi connectivity index (χ1n) is 11.4. The molecule has 7 heteroatoms. The van der Waals surface area contributed by atoms with Gasteiger partial charge in [-0.1, -0.05) is 6.07 Å². The molecule has 7 nitrogen and oxygen atoms in total. The van der Waals surface area contributed by atoms with Crippen molar-refractivity contribution in [2.75, 3.05) is 39.9 Å². The van der Waals surface area contributed by atoms with Gasteiger partial charge in [0.05, 0.1) is 6.33 Å². The lowest BCUT2D eigenvalue weighted by molar-refractivity contribution is 0.00583. The predicted octanol–water partition coefficient (Wildman–Crippen LogP) is 1.77. The maximum atomic E-state index is 13.3. The second-order valence-corrected chi connectivity index (χ2v) is 9.33. The van der Waals surface area contributed by atoms with Gasteiger partial charge in [-0.3, -0.25) is 9.69 Å². The SMILES string of the molecule is CN(CCn1ccnc1)Cc1ccc2n(c1=O)C[C@H]1C[C@@H]2CN(C2CCOCC2)C1. The van der Waals surface area contributed by atoms with Gasteiger partial charge in [-0.2, -0.15) is 0 Å². The molecule has 0 radical (unpaired) electrons. The average Bonchev–Trinajstić information content (AvgIpc) is 3.29. The van der Waals surface area contributed by atoms with Crippen LogP contribution in [0.3, 0.4) is 0 Å². The van der Waals surface area contributed by atoms with E-state index < -0.39 is 0 Å². The topological polar surface area (TPSA) is 55.5 Å². The van der Waals surface area contributed by atoms with Crippen molar-refractivity contribution in [3.63, 3.8) is 0 Å². The van der Waals surface area contributed by atoms with Crippen LogP contribution < -0.4 is 5.56 Å². The molecule has 2 saturated heterocycles. The Morgan fingerprint density at radius 1 is 1.20 bits per heavy atom. The summed E-state index contributed by atoms with van der Waals surface area (Å²) in [6.07, 6.45) is 9.14. The summed E-state index contributed by atoms with van der Waals surface area (Å²) in [7, 11) is 2.08. The van der Waals surface area contributed by atoms with Crippen molar-refractivity contribution < 1.29 is 4.74 Å². The summed E-state index contributed by atoms with van der Waals surface area (Å²) in [5, 5.41) is 0. The minimum Gasteiger partial charge on any atom is -0.381 e. The quantitative estimate of drug-likeness (QED) is 0.725. The third-order valence-electron chi connectivity index (χ3n) is 7.16. The van der Waals surface area contributed by atoms with E-state index in [1.165, 1.54) is 12.1 Å². The van der Waals surface area contributed by atoms with Crippen molar-refractivity contribution >= 4 is 0 Å². The number of pyridine rings is 1. The fourth-order valence-corrected chi connectivity index (χ4v) is 5.57. The second kappa shape index (κ2) is 8.65. The maximum Gasteiger partial charge on any atom is 0.255 e. The van der Waals surface area contributed by atoms with Gasteiger partial charge < -0.3 is 18.8 Å². The highest BCUT2D eigenvalue weighted by molar-refractivity contribution is 5.22. The minimum absolute atomic E-state index is 0.219. The Morgan fingerprint density at radius 2 is 2.07 bits per heavy atom. The average molecular weight is 412 g/mol. The van der Waals surface area contributed by atoms with E-state index in [1.807, 2.05) is 12.5 Å². The zero-order chi connectivity index (χ0) is 20.5. The number of rotatable bonds is 6. The van der Waals surface area contributed by atoms with Crippen LogP contribution in [-0.2, 0) is 24.4 Å². The highest BCUT2D eigenvalue weighted by atomic mass is 16.5. The van der Waals surface area contributed by atoms with Gasteiger partial charge in [-0.25, -0.2) is 4.98 Å². The number of likely N-dealkylation sites (tertiary alicyclic amines) is 1. The van der Waals surface area contributed by atoms with Crippen molar-refractivity contribution in [1.82, 2.24) is 23.9 Å². The Hall–Kier alpha value is -1.96. The summed E-state index contributed by atoms with van der Waals surface area (Å²) in [6.45, 7) is 7.34. The first-order valence-corrected chi connectivity index (χ1v) is 11.4. The molecule has 2 fully saturated rings. The first kappa shape index (κ1) is 20.0. The van der Waals surface area contributed by atoms with Crippen LogP contribution in [0.15, 0.2) is 35.6 Å².